The van der Waals surface area contributed by atoms with Crippen LogP contribution in [-0.4, -0.2) is 30.5 Å². The molecule has 1 amide bonds. The van der Waals surface area contributed by atoms with Crippen LogP contribution in [0.25, 0.3) is 0 Å². The van der Waals surface area contributed by atoms with E-state index in [-0.39, 0.29) is 11.9 Å². The van der Waals surface area contributed by atoms with Crippen LogP contribution in [0, 0.1) is 0 Å². The first-order valence-electron chi connectivity index (χ1n) is 8.51. The molecule has 1 saturated heterocycles. The molecule has 2 unspecified atom stereocenters. The monoisotopic (exact) mass is 322 g/mol. The Morgan fingerprint density at radius 1 is 1.25 bits per heavy atom. The number of hydrogen-bond donors (Lipinski definition) is 1. The Bertz CT molecular complexity index is 787. The van der Waals surface area contributed by atoms with Crippen molar-refractivity contribution in [2.24, 2.45) is 0 Å². The van der Waals surface area contributed by atoms with Crippen molar-refractivity contribution in [2.45, 2.75) is 31.2 Å². The van der Waals surface area contributed by atoms with Crippen LogP contribution in [0.1, 0.15) is 40.2 Å². The fraction of sp³-hybridized carbons (Fsp3) is 0.350. The average Bonchev–Trinajstić information content (AvgIpc) is 3.00. The van der Waals surface area contributed by atoms with Crippen LogP contribution in [0.2, 0.25) is 0 Å². The van der Waals surface area contributed by atoms with Crippen LogP contribution in [-0.2, 0) is 6.42 Å². The maximum absolute atomic E-state index is 13.1. The molecule has 1 aliphatic heterocycles. The number of rotatable bonds is 2. The summed E-state index contributed by atoms with van der Waals surface area (Å²) >= 11 is 0. The zero-order valence-corrected chi connectivity index (χ0v) is 13.9. The molecule has 4 rings (SSSR count). The predicted octanol–water partition coefficient (Wildman–Crippen LogP) is 3.22. The molecule has 1 fully saturated rings. The molecule has 0 spiro atoms. The minimum absolute atomic E-state index is 0.0795. The summed E-state index contributed by atoms with van der Waals surface area (Å²) in [7, 11) is 1.57. The molecule has 0 radical (unpaired) electrons. The number of likely N-dealkylation sites (tertiary alicyclic amines) is 1. The van der Waals surface area contributed by atoms with Gasteiger partial charge in [-0.15, -0.1) is 0 Å². The van der Waals surface area contributed by atoms with Gasteiger partial charge in [0, 0.05) is 24.1 Å². The van der Waals surface area contributed by atoms with Crippen LogP contribution in [0.3, 0.4) is 0 Å². The normalized spacial score (nSPS) is 22.0. The summed E-state index contributed by atoms with van der Waals surface area (Å²) in [5.41, 5.74) is 9.89. The van der Waals surface area contributed by atoms with E-state index in [1.54, 1.807) is 25.3 Å². The molecule has 2 aromatic carbocycles. The fourth-order valence-electron chi connectivity index (χ4n) is 4.24. The van der Waals surface area contributed by atoms with Gasteiger partial charge >= 0.3 is 0 Å². The number of amides is 1. The van der Waals surface area contributed by atoms with Crippen molar-refractivity contribution in [1.82, 2.24) is 4.90 Å². The molecule has 0 bridgehead atoms. The van der Waals surface area contributed by atoms with Gasteiger partial charge in [0.15, 0.2) is 0 Å². The number of anilines is 1. The van der Waals surface area contributed by atoms with Crippen molar-refractivity contribution in [3.8, 4) is 5.75 Å². The van der Waals surface area contributed by atoms with E-state index in [0.29, 0.717) is 22.9 Å². The lowest BCUT2D eigenvalue weighted by Crippen LogP contribution is -2.46. The minimum Gasteiger partial charge on any atom is -0.495 e. The van der Waals surface area contributed by atoms with Gasteiger partial charge in [0.25, 0.3) is 5.91 Å². The molecular weight excluding hydrogens is 300 g/mol. The topological polar surface area (TPSA) is 55.6 Å². The third kappa shape index (κ3) is 2.33. The van der Waals surface area contributed by atoms with Crippen molar-refractivity contribution >= 4 is 11.6 Å². The van der Waals surface area contributed by atoms with Crippen molar-refractivity contribution in [1.29, 1.82) is 0 Å². The van der Waals surface area contributed by atoms with Crippen molar-refractivity contribution in [2.75, 3.05) is 19.4 Å². The van der Waals surface area contributed by atoms with Gasteiger partial charge in [-0.3, -0.25) is 4.79 Å². The van der Waals surface area contributed by atoms with Crippen LogP contribution in [0.5, 0.6) is 5.75 Å². The molecule has 4 nitrogen and oxygen atoms in total. The van der Waals surface area contributed by atoms with E-state index in [9.17, 15) is 4.79 Å². The largest absolute Gasteiger partial charge is 0.495 e. The molecule has 124 valence electrons. The summed E-state index contributed by atoms with van der Waals surface area (Å²) in [6.45, 7) is 0.820. The second-order valence-corrected chi connectivity index (χ2v) is 6.67. The molecule has 0 aromatic heterocycles. The molecule has 0 saturated carbocycles. The summed E-state index contributed by atoms with van der Waals surface area (Å²) in [5, 5.41) is 0. The SMILES string of the molecule is COc1cc(C(=O)N2CCCC3c4ccccc4CC32)ccc1N. The highest BCUT2D eigenvalue weighted by Crippen LogP contribution is 2.42. The maximum Gasteiger partial charge on any atom is 0.254 e. The standard InChI is InChI=1S/C20H22N2O2/c1-24-19-12-14(8-9-17(19)21)20(23)22-10-4-7-16-15-6-3-2-5-13(15)11-18(16)22/h2-3,5-6,8-9,12,16,18H,4,7,10-11,21H2,1H3. The number of nitrogens with zero attached hydrogens (tertiary/aromatic N) is 1. The van der Waals surface area contributed by atoms with E-state index in [0.717, 1.165) is 25.8 Å². The van der Waals surface area contributed by atoms with Gasteiger partial charge in [0.05, 0.1) is 12.8 Å². The lowest BCUT2D eigenvalue weighted by atomic mass is 9.88. The highest BCUT2D eigenvalue weighted by Gasteiger charge is 2.40. The Morgan fingerprint density at radius 3 is 2.92 bits per heavy atom. The van der Waals surface area contributed by atoms with Crippen LogP contribution >= 0.6 is 0 Å². The average molecular weight is 322 g/mol. The molecule has 1 heterocycles. The van der Waals surface area contributed by atoms with Gasteiger partial charge in [-0.05, 0) is 48.6 Å². The van der Waals surface area contributed by atoms with Gasteiger partial charge in [0.2, 0.25) is 0 Å². The number of hydrogen-bond acceptors (Lipinski definition) is 3. The zero-order chi connectivity index (χ0) is 16.7. The number of benzene rings is 2. The summed E-state index contributed by atoms with van der Waals surface area (Å²) in [6, 6.07) is 14.2. The van der Waals surface area contributed by atoms with Crippen LogP contribution < -0.4 is 10.5 Å². The Balaban J connectivity index is 1.64. The van der Waals surface area contributed by atoms with E-state index in [4.69, 9.17) is 10.5 Å². The van der Waals surface area contributed by atoms with Crippen molar-refractivity contribution in [3.63, 3.8) is 0 Å². The summed E-state index contributed by atoms with van der Waals surface area (Å²) < 4.78 is 5.26. The molecule has 2 aromatic rings. The Morgan fingerprint density at radius 2 is 2.08 bits per heavy atom. The molecule has 1 aliphatic carbocycles. The van der Waals surface area contributed by atoms with E-state index < -0.39 is 0 Å². The number of carbonyl (C=O) groups is 1. The number of ether oxygens (including phenoxy) is 1. The molecule has 24 heavy (non-hydrogen) atoms. The number of piperidine rings is 1. The first-order valence-corrected chi connectivity index (χ1v) is 8.51. The van der Waals surface area contributed by atoms with Gasteiger partial charge in [-0.1, -0.05) is 24.3 Å². The van der Waals surface area contributed by atoms with E-state index in [1.165, 1.54) is 11.1 Å². The number of fused-ring (bicyclic) bond motifs is 3. The summed E-state index contributed by atoms with van der Waals surface area (Å²) in [6.07, 6.45) is 3.17. The van der Waals surface area contributed by atoms with Gasteiger partial charge < -0.3 is 15.4 Å². The zero-order valence-electron chi connectivity index (χ0n) is 13.9. The van der Waals surface area contributed by atoms with Crippen LogP contribution in [0.4, 0.5) is 5.69 Å². The quantitative estimate of drug-likeness (QED) is 0.864. The Labute approximate surface area is 142 Å². The molecule has 2 aliphatic rings. The van der Waals surface area contributed by atoms with Gasteiger partial charge in [-0.25, -0.2) is 0 Å². The number of carbonyl (C=O) groups excluding carboxylic acids is 1. The molecule has 2 N–H and O–H groups in total. The predicted molar refractivity (Wildman–Crippen MR) is 94.4 cm³/mol. The Hall–Kier alpha value is -2.49. The lowest BCUT2D eigenvalue weighted by molar-refractivity contribution is 0.0595. The minimum atomic E-state index is 0.0795. The highest BCUT2D eigenvalue weighted by molar-refractivity contribution is 5.95. The maximum atomic E-state index is 13.1. The lowest BCUT2D eigenvalue weighted by Gasteiger charge is -2.38. The highest BCUT2D eigenvalue weighted by atomic mass is 16.5. The van der Waals surface area contributed by atoms with Gasteiger partial charge in [0.1, 0.15) is 5.75 Å². The molecule has 4 heteroatoms. The first kappa shape index (κ1) is 15.1. The fourth-order valence-corrected chi connectivity index (χ4v) is 4.24. The number of nitrogens with two attached hydrogens (primary N) is 1. The van der Waals surface area contributed by atoms with Crippen molar-refractivity contribution < 1.29 is 9.53 Å². The van der Waals surface area contributed by atoms with E-state index >= 15 is 0 Å². The summed E-state index contributed by atoms with van der Waals surface area (Å²) in [4.78, 5) is 15.2. The molecular formula is C20H22N2O2. The van der Waals surface area contributed by atoms with Crippen LogP contribution in [0.15, 0.2) is 42.5 Å². The second-order valence-electron chi connectivity index (χ2n) is 6.67. The number of methoxy groups -OCH3 is 1. The third-order valence-corrected chi connectivity index (χ3v) is 5.40. The number of nitrogen functional groups attached to an aromatic ring is 1. The van der Waals surface area contributed by atoms with E-state index in [2.05, 4.69) is 29.2 Å². The smallest absolute Gasteiger partial charge is 0.254 e. The Kier molecular flexibility index (Phi) is 3.68. The van der Waals surface area contributed by atoms with Crippen molar-refractivity contribution in [3.05, 3.63) is 59.2 Å². The third-order valence-electron chi connectivity index (χ3n) is 5.40. The second kappa shape index (κ2) is 5.86. The molecule has 2 atom stereocenters. The van der Waals surface area contributed by atoms with Gasteiger partial charge in [-0.2, -0.15) is 0 Å². The summed E-state index contributed by atoms with van der Waals surface area (Å²) in [5.74, 6) is 1.11. The van der Waals surface area contributed by atoms with E-state index in [1.807, 2.05) is 0 Å². The first-order chi connectivity index (χ1) is 11.7.